The largest absolute Gasteiger partial charge is 0.357 e. The number of nitrogens with one attached hydrogen (secondary N) is 3. The second-order valence-corrected chi connectivity index (χ2v) is 10.3. The molecule has 2 heterocycles. The Morgan fingerprint density at radius 3 is 2.45 bits per heavy atom. The minimum atomic E-state index is -3.74. The highest BCUT2D eigenvalue weighted by Crippen LogP contribution is 2.33. The van der Waals surface area contributed by atoms with Crippen LogP contribution in [0.1, 0.15) is 13.8 Å². The third-order valence-electron chi connectivity index (χ3n) is 4.35. The highest BCUT2D eigenvalue weighted by atomic mass is 32.2. The second-order valence-electron chi connectivity index (χ2n) is 7.12. The number of H-pyrrole nitrogens is 1. The lowest BCUT2D eigenvalue weighted by molar-refractivity contribution is 0.598. The number of aromatic amines is 1. The van der Waals surface area contributed by atoms with E-state index in [9.17, 15) is 8.42 Å². The molecule has 4 aromatic rings. The van der Waals surface area contributed by atoms with E-state index < -0.39 is 10.0 Å². The maximum absolute atomic E-state index is 11.5. The summed E-state index contributed by atoms with van der Waals surface area (Å²) in [6, 6.07) is 16.1. The van der Waals surface area contributed by atoms with E-state index in [0.29, 0.717) is 22.7 Å². The Hall–Kier alpha value is -3.08. The lowest BCUT2D eigenvalue weighted by Crippen LogP contribution is -2.11. The SMILES string of the molecule is CC(C)Sc1ccccc1Nc1nc(Nc2ccc(S(N)(=O)=O)cc2)nc2cc[nH]c12. The molecule has 0 saturated carbocycles. The van der Waals surface area contributed by atoms with E-state index in [4.69, 9.17) is 5.14 Å². The van der Waals surface area contributed by atoms with Crippen LogP contribution >= 0.6 is 11.8 Å². The first-order chi connectivity index (χ1) is 14.8. The predicted molar refractivity (Wildman–Crippen MR) is 126 cm³/mol. The number of aromatic nitrogens is 3. The van der Waals surface area contributed by atoms with Crippen LogP contribution < -0.4 is 15.8 Å². The molecule has 0 saturated heterocycles. The molecule has 10 heteroatoms. The Kier molecular flexibility index (Phi) is 5.86. The second kappa shape index (κ2) is 8.58. The molecular formula is C21H22N6O2S2. The van der Waals surface area contributed by atoms with Crippen molar-refractivity contribution in [2.45, 2.75) is 28.9 Å². The van der Waals surface area contributed by atoms with Crippen molar-refractivity contribution in [2.75, 3.05) is 10.6 Å². The zero-order valence-electron chi connectivity index (χ0n) is 17.0. The summed E-state index contributed by atoms with van der Waals surface area (Å²) in [5.41, 5.74) is 3.14. The molecule has 2 aromatic carbocycles. The fourth-order valence-corrected chi connectivity index (χ4v) is 4.43. The van der Waals surface area contributed by atoms with E-state index in [1.54, 1.807) is 23.9 Å². The van der Waals surface area contributed by atoms with Gasteiger partial charge >= 0.3 is 0 Å². The Balaban J connectivity index is 1.66. The number of hydrogen-bond donors (Lipinski definition) is 4. The van der Waals surface area contributed by atoms with Gasteiger partial charge in [0, 0.05) is 22.0 Å². The molecule has 0 aliphatic heterocycles. The average molecular weight is 455 g/mol. The van der Waals surface area contributed by atoms with Gasteiger partial charge in [-0.25, -0.2) is 18.5 Å². The van der Waals surface area contributed by atoms with Gasteiger partial charge in [0.15, 0.2) is 5.82 Å². The molecule has 4 rings (SSSR count). The number of primary sulfonamides is 1. The third kappa shape index (κ3) is 4.98. The number of fused-ring (bicyclic) bond motifs is 1. The summed E-state index contributed by atoms with van der Waals surface area (Å²) in [4.78, 5) is 13.5. The Bertz CT molecular complexity index is 1320. The maximum Gasteiger partial charge on any atom is 0.238 e. The molecule has 0 fully saturated rings. The molecule has 0 unspecified atom stereocenters. The van der Waals surface area contributed by atoms with E-state index in [-0.39, 0.29) is 4.90 Å². The number of benzene rings is 2. The number of para-hydroxylation sites is 1. The third-order valence-corrected chi connectivity index (χ3v) is 6.36. The van der Waals surface area contributed by atoms with Crippen molar-refractivity contribution in [2.24, 2.45) is 5.14 Å². The van der Waals surface area contributed by atoms with Crippen molar-refractivity contribution < 1.29 is 8.42 Å². The van der Waals surface area contributed by atoms with E-state index >= 15 is 0 Å². The monoisotopic (exact) mass is 454 g/mol. The number of hydrogen-bond acceptors (Lipinski definition) is 7. The summed E-state index contributed by atoms with van der Waals surface area (Å²) in [7, 11) is -3.74. The molecule has 160 valence electrons. The summed E-state index contributed by atoms with van der Waals surface area (Å²) in [6.45, 7) is 4.30. The van der Waals surface area contributed by atoms with Crippen LogP contribution in [0.2, 0.25) is 0 Å². The molecule has 5 N–H and O–H groups in total. The summed E-state index contributed by atoms with van der Waals surface area (Å²) in [6.07, 6.45) is 1.81. The van der Waals surface area contributed by atoms with Gasteiger partial charge in [-0.2, -0.15) is 4.98 Å². The van der Waals surface area contributed by atoms with E-state index in [0.717, 1.165) is 21.6 Å². The maximum atomic E-state index is 11.5. The first-order valence-corrected chi connectivity index (χ1v) is 12.0. The van der Waals surface area contributed by atoms with Crippen molar-refractivity contribution in [1.29, 1.82) is 0 Å². The van der Waals surface area contributed by atoms with Gasteiger partial charge in [-0.3, -0.25) is 0 Å². The standard InChI is InChI=1S/C21H22N6O2S2/c1-13(2)30-18-6-4-3-5-16(18)25-20-19-17(11-12-23-19)26-21(27-20)24-14-7-9-15(10-8-14)31(22,28)29/h3-13,23H,1-2H3,(H2,22,28,29)(H2,24,25,26,27). The van der Waals surface area contributed by atoms with Crippen LogP contribution in [0.4, 0.5) is 23.1 Å². The Labute approximate surface area is 184 Å². The molecule has 31 heavy (non-hydrogen) atoms. The molecule has 0 radical (unpaired) electrons. The molecular weight excluding hydrogens is 432 g/mol. The molecule has 0 atom stereocenters. The van der Waals surface area contributed by atoms with Crippen LogP contribution in [0.25, 0.3) is 11.0 Å². The van der Waals surface area contributed by atoms with Crippen molar-refractivity contribution in [3.8, 4) is 0 Å². The summed E-state index contributed by atoms with van der Waals surface area (Å²) < 4.78 is 22.9. The van der Waals surface area contributed by atoms with Gasteiger partial charge < -0.3 is 15.6 Å². The zero-order chi connectivity index (χ0) is 22.0. The lowest BCUT2D eigenvalue weighted by atomic mass is 10.3. The fraction of sp³-hybridized carbons (Fsp3) is 0.143. The van der Waals surface area contributed by atoms with Crippen LogP contribution in [0.15, 0.2) is 70.6 Å². The molecule has 0 amide bonds. The van der Waals surface area contributed by atoms with Crippen molar-refractivity contribution in [3.05, 3.63) is 60.8 Å². The van der Waals surface area contributed by atoms with Gasteiger partial charge in [-0.1, -0.05) is 26.0 Å². The highest BCUT2D eigenvalue weighted by molar-refractivity contribution is 8.00. The highest BCUT2D eigenvalue weighted by Gasteiger charge is 2.13. The lowest BCUT2D eigenvalue weighted by Gasteiger charge is -2.14. The van der Waals surface area contributed by atoms with Crippen molar-refractivity contribution in [1.82, 2.24) is 15.0 Å². The van der Waals surface area contributed by atoms with Gasteiger partial charge in [0.25, 0.3) is 0 Å². The van der Waals surface area contributed by atoms with Crippen molar-refractivity contribution in [3.63, 3.8) is 0 Å². The molecule has 0 bridgehead atoms. The Morgan fingerprint density at radius 1 is 1.00 bits per heavy atom. The normalized spacial score (nSPS) is 11.7. The van der Waals surface area contributed by atoms with Crippen LogP contribution in [0.3, 0.4) is 0 Å². The number of sulfonamides is 1. The van der Waals surface area contributed by atoms with Gasteiger partial charge in [0.1, 0.15) is 5.52 Å². The minimum Gasteiger partial charge on any atom is -0.357 e. The minimum absolute atomic E-state index is 0.0432. The van der Waals surface area contributed by atoms with Crippen LogP contribution in [-0.2, 0) is 10.0 Å². The number of anilines is 4. The summed E-state index contributed by atoms with van der Waals surface area (Å²) >= 11 is 1.77. The summed E-state index contributed by atoms with van der Waals surface area (Å²) in [5.74, 6) is 1.02. The summed E-state index contributed by atoms with van der Waals surface area (Å²) in [5, 5.41) is 12.1. The molecule has 0 spiro atoms. The van der Waals surface area contributed by atoms with Gasteiger partial charge in [0.2, 0.25) is 16.0 Å². The molecule has 0 aliphatic carbocycles. The number of rotatable bonds is 7. The van der Waals surface area contributed by atoms with E-state index in [1.165, 1.54) is 12.1 Å². The fourth-order valence-electron chi connectivity index (χ4n) is 3.00. The molecule has 2 aromatic heterocycles. The smallest absolute Gasteiger partial charge is 0.238 e. The number of thioether (sulfide) groups is 1. The van der Waals surface area contributed by atoms with E-state index in [2.05, 4.69) is 45.5 Å². The topological polar surface area (TPSA) is 126 Å². The Morgan fingerprint density at radius 2 is 1.74 bits per heavy atom. The quantitative estimate of drug-likeness (QED) is 0.301. The first-order valence-electron chi connectivity index (χ1n) is 9.57. The van der Waals surface area contributed by atoms with Gasteiger partial charge in [-0.15, -0.1) is 11.8 Å². The first kappa shape index (κ1) is 21.2. The van der Waals surface area contributed by atoms with Gasteiger partial charge in [0.05, 0.1) is 16.1 Å². The molecule has 0 aliphatic rings. The number of nitrogens with two attached hydrogens (primary N) is 1. The number of nitrogens with zero attached hydrogens (tertiary/aromatic N) is 2. The van der Waals surface area contributed by atoms with Crippen LogP contribution in [0, 0.1) is 0 Å². The average Bonchev–Trinajstić information content (AvgIpc) is 3.18. The van der Waals surface area contributed by atoms with Gasteiger partial charge in [-0.05, 0) is 42.5 Å². The van der Waals surface area contributed by atoms with Crippen LogP contribution in [-0.4, -0.2) is 28.6 Å². The predicted octanol–water partition coefficient (Wildman–Crippen LogP) is 4.59. The van der Waals surface area contributed by atoms with Crippen LogP contribution in [0.5, 0.6) is 0 Å². The molecule has 8 nitrogen and oxygen atoms in total. The zero-order valence-corrected chi connectivity index (χ0v) is 18.6. The van der Waals surface area contributed by atoms with Crippen molar-refractivity contribution >= 4 is 56.0 Å². The van der Waals surface area contributed by atoms with E-state index in [1.807, 2.05) is 30.5 Å².